The van der Waals surface area contributed by atoms with Crippen molar-refractivity contribution in [2.45, 2.75) is 0 Å². The Hall–Kier alpha value is -2.82. The Morgan fingerprint density at radius 1 is 1.14 bits per heavy atom. The zero-order chi connectivity index (χ0) is 15.0. The number of hydrogen-bond donors (Lipinski definition) is 1. The monoisotopic (exact) mass is 285 g/mol. The highest BCUT2D eigenvalue weighted by Crippen LogP contribution is 2.29. The van der Waals surface area contributed by atoms with E-state index in [4.69, 9.17) is 0 Å². The molecule has 0 fully saturated rings. The molecule has 2 aromatic carbocycles. The Morgan fingerprint density at radius 3 is 2.52 bits per heavy atom. The summed E-state index contributed by atoms with van der Waals surface area (Å²) in [5.41, 5.74) is 1.54. The average Bonchev–Trinajstić information content (AvgIpc) is 2.85. The van der Waals surface area contributed by atoms with E-state index < -0.39 is 11.8 Å². The molecule has 0 aliphatic carbocycles. The summed E-state index contributed by atoms with van der Waals surface area (Å²) in [4.78, 5) is 11.5. The zero-order valence-electron chi connectivity index (χ0n) is 11.2. The topological polar surface area (TPSA) is 51.5 Å². The quantitative estimate of drug-likeness (QED) is 0.579. The van der Waals surface area contributed by atoms with Gasteiger partial charge in [-0.3, -0.25) is 0 Å². The number of methoxy groups -OCH3 is 1. The van der Waals surface area contributed by atoms with Crippen molar-refractivity contribution < 1.29 is 19.1 Å². The van der Waals surface area contributed by atoms with Gasteiger partial charge in [-0.05, 0) is 29.3 Å². The minimum Gasteiger partial charge on any atom is -0.464 e. The lowest BCUT2D eigenvalue weighted by molar-refractivity contribution is 0.0554. The number of hydrogen-bond acceptors (Lipinski definition) is 3. The summed E-state index contributed by atoms with van der Waals surface area (Å²) in [6.45, 7) is 0. The molecule has 4 nitrogen and oxygen atoms in total. The van der Waals surface area contributed by atoms with Gasteiger partial charge in [-0.1, -0.05) is 30.3 Å². The van der Waals surface area contributed by atoms with E-state index in [0.29, 0.717) is 10.3 Å². The molecule has 0 saturated heterocycles. The molecule has 0 unspecified atom stereocenters. The number of nitrogens with zero attached hydrogens (tertiary/aromatic N) is 1. The predicted molar refractivity (Wildman–Crippen MR) is 75.9 cm³/mol. The van der Waals surface area contributed by atoms with Gasteiger partial charge in [0.05, 0.1) is 12.6 Å². The summed E-state index contributed by atoms with van der Waals surface area (Å²) < 4.78 is 19.4. The van der Waals surface area contributed by atoms with Gasteiger partial charge in [0.2, 0.25) is 0 Å². The molecule has 1 heterocycles. The van der Waals surface area contributed by atoms with Crippen molar-refractivity contribution in [3.63, 3.8) is 0 Å². The minimum absolute atomic E-state index is 0.114. The molecule has 3 aromatic rings. The third-order valence-electron chi connectivity index (χ3n) is 3.35. The highest BCUT2D eigenvalue weighted by molar-refractivity contribution is 5.96. The number of aromatic nitrogens is 1. The van der Waals surface area contributed by atoms with Gasteiger partial charge >= 0.3 is 5.97 Å². The van der Waals surface area contributed by atoms with Gasteiger partial charge in [0.15, 0.2) is 5.69 Å². The lowest BCUT2D eigenvalue weighted by Gasteiger charge is -2.04. The molecule has 3 rings (SSSR count). The van der Waals surface area contributed by atoms with E-state index in [2.05, 4.69) is 4.74 Å². The fraction of sp³-hybridized carbons (Fsp3) is 0.0625. The lowest BCUT2D eigenvalue weighted by atomic mass is 10.0. The maximum absolute atomic E-state index is 14.2. The van der Waals surface area contributed by atoms with Crippen LogP contribution < -0.4 is 0 Å². The summed E-state index contributed by atoms with van der Waals surface area (Å²) in [5.74, 6) is -1.24. The van der Waals surface area contributed by atoms with Crippen LogP contribution in [0.2, 0.25) is 0 Å². The highest BCUT2D eigenvalue weighted by atomic mass is 19.1. The van der Waals surface area contributed by atoms with Crippen LogP contribution in [0.4, 0.5) is 4.39 Å². The van der Waals surface area contributed by atoms with Crippen LogP contribution in [0.25, 0.3) is 22.0 Å². The number of benzene rings is 2. The van der Waals surface area contributed by atoms with E-state index in [-0.39, 0.29) is 16.6 Å². The molecular weight excluding hydrogens is 273 g/mol. The largest absolute Gasteiger partial charge is 0.464 e. The van der Waals surface area contributed by atoms with Gasteiger partial charge in [0.1, 0.15) is 5.82 Å². The number of carbonyl (C=O) groups excluding carboxylic acids is 1. The van der Waals surface area contributed by atoms with Crippen molar-refractivity contribution in [2.75, 3.05) is 7.11 Å². The molecule has 0 saturated carbocycles. The van der Waals surface area contributed by atoms with Crippen LogP contribution in [-0.4, -0.2) is 23.0 Å². The van der Waals surface area contributed by atoms with Crippen LogP contribution in [0.3, 0.4) is 0 Å². The second-order valence-corrected chi connectivity index (χ2v) is 4.59. The summed E-state index contributed by atoms with van der Waals surface area (Å²) in [6, 6.07) is 13.5. The fourth-order valence-corrected chi connectivity index (χ4v) is 2.30. The van der Waals surface area contributed by atoms with Crippen molar-refractivity contribution in [1.29, 1.82) is 0 Å². The van der Waals surface area contributed by atoms with Crippen LogP contribution in [0.5, 0.6) is 0 Å². The maximum Gasteiger partial charge on any atom is 0.358 e. The second kappa shape index (κ2) is 4.94. The summed E-state index contributed by atoms with van der Waals surface area (Å²) >= 11 is 0. The SMILES string of the molecule is COC(=O)c1cc2c(F)cc(-c3ccccc3)cc2n1O. The molecule has 21 heavy (non-hydrogen) atoms. The van der Waals surface area contributed by atoms with E-state index in [1.807, 2.05) is 30.3 Å². The van der Waals surface area contributed by atoms with Gasteiger partial charge in [-0.2, -0.15) is 4.73 Å². The summed E-state index contributed by atoms with van der Waals surface area (Å²) in [7, 11) is 1.20. The van der Waals surface area contributed by atoms with E-state index in [0.717, 1.165) is 5.56 Å². The van der Waals surface area contributed by atoms with E-state index in [1.165, 1.54) is 19.2 Å². The first-order valence-electron chi connectivity index (χ1n) is 6.30. The van der Waals surface area contributed by atoms with Crippen molar-refractivity contribution in [1.82, 2.24) is 4.73 Å². The highest BCUT2D eigenvalue weighted by Gasteiger charge is 2.19. The predicted octanol–water partition coefficient (Wildman–Crippen LogP) is 3.47. The number of esters is 1. The van der Waals surface area contributed by atoms with Gasteiger partial charge in [-0.15, -0.1) is 0 Å². The molecule has 0 aliphatic heterocycles. The first kappa shape index (κ1) is 13.2. The Morgan fingerprint density at radius 2 is 1.86 bits per heavy atom. The average molecular weight is 285 g/mol. The molecule has 0 atom stereocenters. The third-order valence-corrected chi connectivity index (χ3v) is 3.35. The number of halogens is 1. The third kappa shape index (κ3) is 2.12. The molecule has 0 amide bonds. The Bertz CT molecular complexity index is 824. The van der Waals surface area contributed by atoms with Gasteiger partial charge in [0, 0.05) is 5.39 Å². The van der Waals surface area contributed by atoms with Crippen molar-refractivity contribution in [3.8, 4) is 11.1 Å². The zero-order valence-corrected chi connectivity index (χ0v) is 11.2. The van der Waals surface area contributed by atoms with Gasteiger partial charge in [-0.25, -0.2) is 9.18 Å². The van der Waals surface area contributed by atoms with Crippen LogP contribution >= 0.6 is 0 Å². The van der Waals surface area contributed by atoms with Gasteiger partial charge in [0.25, 0.3) is 0 Å². The molecule has 1 aromatic heterocycles. The smallest absolute Gasteiger partial charge is 0.358 e. The van der Waals surface area contributed by atoms with E-state index in [1.54, 1.807) is 6.07 Å². The maximum atomic E-state index is 14.2. The molecule has 5 heteroatoms. The molecule has 0 aliphatic rings. The molecule has 0 bridgehead atoms. The molecular formula is C16H12FNO3. The van der Waals surface area contributed by atoms with E-state index in [9.17, 15) is 14.4 Å². The first-order valence-corrected chi connectivity index (χ1v) is 6.30. The minimum atomic E-state index is -0.727. The first-order chi connectivity index (χ1) is 10.1. The van der Waals surface area contributed by atoms with Crippen molar-refractivity contribution >= 4 is 16.9 Å². The summed E-state index contributed by atoms with van der Waals surface area (Å²) in [5, 5.41) is 10.2. The number of carbonyl (C=O) groups is 1. The Labute approximate surface area is 120 Å². The van der Waals surface area contributed by atoms with Crippen LogP contribution in [0, 0.1) is 5.82 Å². The van der Waals surface area contributed by atoms with Crippen molar-refractivity contribution in [3.05, 3.63) is 60.0 Å². The second-order valence-electron chi connectivity index (χ2n) is 4.59. The van der Waals surface area contributed by atoms with Gasteiger partial charge < -0.3 is 9.94 Å². The van der Waals surface area contributed by atoms with Crippen LogP contribution in [-0.2, 0) is 4.74 Å². The molecule has 0 radical (unpaired) electrons. The van der Waals surface area contributed by atoms with Crippen LogP contribution in [0.15, 0.2) is 48.5 Å². The molecule has 1 N–H and O–H groups in total. The number of rotatable bonds is 2. The van der Waals surface area contributed by atoms with E-state index >= 15 is 0 Å². The number of fused-ring (bicyclic) bond motifs is 1. The fourth-order valence-electron chi connectivity index (χ4n) is 2.30. The van der Waals surface area contributed by atoms with Crippen molar-refractivity contribution in [2.24, 2.45) is 0 Å². The normalized spacial score (nSPS) is 10.8. The van der Waals surface area contributed by atoms with Crippen LogP contribution in [0.1, 0.15) is 10.5 Å². The number of ether oxygens (including phenoxy) is 1. The standard InChI is InChI=1S/C16H12FNO3/c1-21-16(19)15-9-12-13(17)7-11(8-14(12)18(15)20)10-5-3-2-4-6-10/h2-9,20H,1H3. The Balaban J connectivity index is 2.24. The molecule has 106 valence electrons. The molecule has 0 spiro atoms. The lowest BCUT2D eigenvalue weighted by Crippen LogP contribution is -2.07. The summed E-state index contributed by atoms with van der Waals surface area (Å²) in [6.07, 6.45) is 0. The Kier molecular flexibility index (Phi) is 3.10.